The van der Waals surface area contributed by atoms with Crippen LogP contribution in [0.5, 0.6) is 0 Å². The van der Waals surface area contributed by atoms with Gasteiger partial charge in [0.15, 0.2) is 17.0 Å². The number of aromatic nitrogens is 4. The highest BCUT2D eigenvalue weighted by atomic mass is 16.5. The summed E-state index contributed by atoms with van der Waals surface area (Å²) in [5, 5.41) is 16.7. The zero-order chi connectivity index (χ0) is 16.7. The molecule has 122 valence electrons. The minimum atomic E-state index is 0.168. The van der Waals surface area contributed by atoms with E-state index in [4.69, 9.17) is 4.52 Å². The number of aromatic amines is 1. The van der Waals surface area contributed by atoms with Gasteiger partial charge in [0.05, 0.1) is 11.1 Å². The molecule has 0 saturated carbocycles. The lowest BCUT2D eigenvalue weighted by atomic mass is 9.89. The van der Waals surface area contributed by atoms with E-state index in [0.717, 1.165) is 45.6 Å². The Labute approximate surface area is 139 Å². The van der Waals surface area contributed by atoms with Gasteiger partial charge in [0, 0.05) is 23.3 Å². The van der Waals surface area contributed by atoms with Crippen molar-refractivity contribution in [1.29, 1.82) is 0 Å². The van der Waals surface area contributed by atoms with Crippen molar-refractivity contribution in [2.45, 2.75) is 27.2 Å². The smallest absolute Gasteiger partial charge is 0.169 e. The first-order valence-electron chi connectivity index (χ1n) is 7.94. The molecular weight excluding hydrogens is 302 g/mol. The molecule has 0 bridgehead atoms. The molecule has 4 aromatic rings. The fraction of sp³-hybridized carbons (Fsp3) is 0.278. The van der Waals surface area contributed by atoms with Gasteiger partial charge in [-0.05, 0) is 36.1 Å². The van der Waals surface area contributed by atoms with Crippen LogP contribution in [0, 0.1) is 5.41 Å². The van der Waals surface area contributed by atoms with Crippen LogP contribution in [0.3, 0.4) is 0 Å². The molecular formula is C18H19N5O. The molecule has 0 unspecified atom stereocenters. The number of anilines is 2. The quantitative estimate of drug-likeness (QED) is 0.583. The van der Waals surface area contributed by atoms with Gasteiger partial charge in [0.1, 0.15) is 0 Å². The Morgan fingerprint density at radius 2 is 2.04 bits per heavy atom. The first kappa shape index (κ1) is 14.7. The van der Waals surface area contributed by atoms with E-state index in [9.17, 15) is 0 Å². The van der Waals surface area contributed by atoms with Gasteiger partial charge >= 0.3 is 0 Å². The van der Waals surface area contributed by atoms with Crippen LogP contribution in [-0.2, 0) is 6.42 Å². The summed E-state index contributed by atoms with van der Waals surface area (Å²) in [5.74, 6) is 0.742. The number of hydrogen-bond acceptors (Lipinski definition) is 5. The van der Waals surface area contributed by atoms with Crippen molar-refractivity contribution in [3.63, 3.8) is 0 Å². The van der Waals surface area contributed by atoms with Crippen LogP contribution >= 0.6 is 0 Å². The molecule has 6 heteroatoms. The van der Waals surface area contributed by atoms with Crippen LogP contribution in [-0.4, -0.2) is 20.3 Å². The van der Waals surface area contributed by atoms with Gasteiger partial charge in [-0.25, -0.2) is 4.98 Å². The summed E-state index contributed by atoms with van der Waals surface area (Å²) in [5.41, 5.74) is 3.60. The molecule has 0 atom stereocenters. The fourth-order valence-electron chi connectivity index (χ4n) is 2.78. The van der Waals surface area contributed by atoms with Gasteiger partial charge in [-0.15, -0.1) is 0 Å². The zero-order valence-electron chi connectivity index (χ0n) is 13.9. The summed E-state index contributed by atoms with van der Waals surface area (Å²) in [6.07, 6.45) is 2.62. The Hall–Kier alpha value is -2.89. The maximum absolute atomic E-state index is 5.51. The van der Waals surface area contributed by atoms with Gasteiger partial charge in [-0.1, -0.05) is 25.9 Å². The predicted molar refractivity (Wildman–Crippen MR) is 94.3 cm³/mol. The Balaban J connectivity index is 1.66. The SMILES string of the molecule is CC(C)(C)Cc1noc2cc(Nc3n[nH]c4ncccc34)ccc12. The number of H-pyrrole nitrogens is 1. The Morgan fingerprint density at radius 1 is 1.17 bits per heavy atom. The number of nitrogens with one attached hydrogen (secondary N) is 2. The third kappa shape index (κ3) is 2.71. The molecule has 0 radical (unpaired) electrons. The van der Waals surface area contributed by atoms with E-state index in [1.165, 1.54) is 0 Å². The van der Waals surface area contributed by atoms with Gasteiger partial charge in [0.2, 0.25) is 0 Å². The van der Waals surface area contributed by atoms with E-state index in [0.29, 0.717) is 0 Å². The molecule has 3 aromatic heterocycles. The van der Waals surface area contributed by atoms with Crippen molar-refractivity contribution in [3.8, 4) is 0 Å². The van der Waals surface area contributed by atoms with Gasteiger partial charge in [-0.3, -0.25) is 5.10 Å². The highest BCUT2D eigenvalue weighted by molar-refractivity contribution is 5.90. The fourth-order valence-corrected chi connectivity index (χ4v) is 2.78. The van der Waals surface area contributed by atoms with Crippen LogP contribution < -0.4 is 5.32 Å². The molecule has 2 N–H and O–H groups in total. The number of nitrogens with zero attached hydrogens (tertiary/aromatic N) is 3. The molecule has 0 amide bonds. The average molecular weight is 321 g/mol. The van der Waals surface area contributed by atoms with Gasteiger partial charge in [0.25, 0.3) is 0 Å². The van der Waals surface area contributed by atoms with Crippen molar-refractivity contribution >= 4 is 33.5 Å². The van der Waals surface area contributed by atoms with Crippen LogP contribution in [0.15, 0.2) is 41.1 Å². The van der Waals surface area contributed by atoms with E-state index >= 15 is 0 Å². The maximum Gasteiger partial charge on any atom is 0.169 e. The average Bonchev–Trinajstić information content (AvgIpc) is 3.11. The molecule has 0 spiro atoms. The third-order valence-corrected chi connectivity index (χ3v) is 3.84. The van der Waals surface area contributed by atoms with Crippen molar-refractivity contribution in [3.05, 3.63) is 42.2 Å². The highest BCUT2D eigenvalue weighted by Gasteiger charge is 2.17. The van der Waals surface area contributed by atoms with Crippen molar-refractivity contribution in [1.82, 2.24) is 20.3 Å². The second kappa shape index (κ2) is 5.33. The van der Waals surface area contributed by atoms with Crippen LogP contribution in [0.1, 0.15) is 26.5 Å². The first-order valence-corrected chi connectivity index (χ1v) is 7.94. The Morgan fingerprint density at radius 3 is 2.88 bits per heavy atom. The van der Waals surface area contributed by atoms with Crippen molar-refractivity contribution < 1.29 is 4.52 Å². The number of rotatable bonds is 3. The van der Waals surface area contributed by atoms with Crippen LogP contribution in [0.25, 0.3) is 22.0 Å². The molecule has 0 aliphatic heterocycles. The third-order valence-electron chi connectivity index (χ3n) is 3.84. The molecule has 4 rings (SSSR count). The second-order valence-corrected chi connectivity index (χ2v) is 7.17. The van der Waals surface area contributed by atoms with E-state index < -0.39 is 0 Å². The molecule has 0 fully saturated rings. The zero-order valence-corrected chi connectivity index (χ0v) is 13.9. The normalized spacial score (nSPS) is 12.1. The van der Waals surface area contributed by atoms with Crippen molar-refractivity contribution in [2.75, 3.05) is 5.32 Å². The lowest BCUT2D eigenvalue weighted by molar-refractivity contribution is 0.382. The second-order valence-electron chi connectivity index (χ2n) is 7.17. The lowest BCUT2D eigenvalue weighted by Gasteiger charge is -2.15. The number of hydrogen-bond donors (Lipinski definition) is 2. The maximum atomic E-state index is 5.51. The Bertz CT molecular complexity index is 1010. The van der Waals surface area contributed by atoms with Crippen LogP contribution in [0.4, 0.5) is 11.5 Å². The molecule has 6 nitrogen and oxygen atoms in total. The summed E-state index contributed by atoms with van der Waals surface area (Å²) >= 11 is 0. The van der Waals surface area contributed by atoms with E-state index in [1.54, 1.807) is 6.20 Å². The predicted octanol–water partition coefficient (Wildman–Crippen LogP) is 4.43. The number of pyridine rings is 1. The van der Waals surface area contributed by atoms with Gasteiger partial charge < -0.3 is 9.84 Å². The molecule has 0 aliphatic rings. The highest BCUT2D eigenvalue weighted by Crippen LogP contribution is 2.29. The molecule has 0 aliphatic carbocycles. The first-order chi connectivity index (χ1) is 11.5. The summed E-state index contributed by atoms with van der Waals surface area (Å²) in [6, 6.07) is 9.88. The molecule has 0 saturated heterocycles. The summed E-state index contributed by atoms with van der Waals surface area (Å²) in [6.45, 7) is 6.58. The standard InChI is InChI=1S/C18H19N5O/c1-18(2,3)10-14-12-7-6-11(9-15(12)24-23-14)20-17-13-5-4-8-19-16(13)21-22-17/h4-9H,10H2,1-3H3,(H2,19,20,21,22). The minimum Gasteiger partial charge on any atom is -0.356 e. The van der Waals surface area contributed by atoms with Gasteiger partial charge in [-0.2, -0.15) is 5.10 Å². The molecule has 1 aromatic carbocycles. The summed E-state index contributed by atoms with van der Waals surface area (Å²) in [7, 11) is 0. The molecule has 3 heterocycles. The number of benzene rings is 1. The largest absolute Gasteiger partial charge is 0.356 e. The minimum absolute atomic E-state index is 0.168. The molecule has 24 heavy (non-hydrogen) atoms. The summed E-state index contributed by atoms with van der Waals surface area (Å²) < 4.78 is 5.51. The Kier molecular flexibility index (Phi) is 3.26. The lowest BCUT2D eigenvalue weighted by Crippen LogP contribution is -2.09. The van der Waals surface area contributed by atoms with Crippen molar-refractivity contribution in [2.24, 2.45) is 5.41 Å². The van der Waals surface area contributed by atoms with E-state index in [2.05, 4.69) is 46.4 Å². The monoisotopic (exact) mass is 321 g/mol. The van der Waals surface area contributed by atoms with Crippen LogP contribution in [0.2, 0.25) is 0 Å². The van der Waals surface area contributed by atoms with E-state index in [1.807, 2.05) is 30.3 Å². The summed E-state index contributed by atoms with van der Waals surface area (Å²) in [4.78, 5) is 4.24. The van der Waals surface area contributed by atoms with E-state index in [-0.39, 0.29) is 5.41 Å². The number of fused-ring (bicyclic) bond motifs is 2. The topological polar surface area (TPSA) is 79.6 Å².